The van der Waals surface area contributed by atoms with Gasteiger partial charge < -0.3 is 15.4 Å². The zero-order chi connectivity index (χ0) is 28.4. The lowest BCUT2D eigenvalue weighted by Crippen LogP contribution is -2.32. The van der Waals surface area contributed by atoms with Crippen LogP contribution in [-0.2, 0) is 40.3 Å². The molecule has 2 aliphatic rings. The lowest BCUT2D eigenvalue weighted by atomic mass is 10.0. The topological polar surface area (TPSA) is 115 Å². The summed E-state index contributed by atoms with van der Waals surface area (Å²) in [5.41, 5.74) is 8.69. The number of hydrogen-bond acceptors (Lipinski definition) is 7. The molecule has 0 unspecified atom stereocenters. The SMILES string of the molecule is C[C@H]1OCc2c1c(N)nc1cc(CN(C(=O)c3ccc(C(F)(F)F)nc3)c3cccc4c3S(=O)(=O)CC4)ccc21. The molecule has 206 valence electrons. The highest BCUT2D eigenvalue weighted by atomic mass is 32.2. The Bertz CT molecular complexity index is 1790. The Morgan fingerprint density at radius 1 is 1.18 bits per heavy atom. The molecule has 0 saturated heterocycles. The van der Waals surface area contributed by atoms with Crippen LogP contribution in [0.2, 0.25) is 0 Å². The van der Waals surface area contributed by atoms with Crippen LogP contribution in [0.5, 0.6) is 0 Å². The molecule has 2 aromatic carbocycles. The average Bonchev–Trinajstić information content (AvgIpc) is 3.46. The number of pyridine rings is 2. The van der Waals surface area contributed by atoms with E-state index < -0.39 is 27.6 Å². The maximum atomic E-state index is 13.8. The van der Waals surface area contributed by atoms with Gasteiger partial charge in [-0.2, -0.15) is 13.2 Å². The number of ether oxygens (including phenoxy) is 1. The van der Waals surface area contributed by atoms with E-state index in [0.29, 0.717) is 35.5 Å². The number of carbonyl (C=O) groups is 1. The number of halogens is 3. The summed E-state index contributed by atoms with van der Waals surface area (Å²) >= 11 is 0. The summed E-state index contributed by atoms with van der Waals surface area (Å²) in [6, 6.07) is 12.1. The van der Waals surface area contributed by atoms with Gasteiger partial charge in [-0.05, 0) is 54.3 Å². The first-order chi connectivity index (χ1) is 18.9. The summed E-state index contributed by atoms with van der Waals surface area (Å²) in [6.45, 7) is 2.21. The Kier molecular flexibility index (Phi) is 6.07. The van der Waals surface area contributed by atoms with Crippen LogP contribution >= 0.6 is 0 Å². The molecule has 2 N–H and O–H groups in total. The largest absolute Gasteiger partial charge is 0.433 e. The fraction of sp³-hybridized carbons (Fsp3) is 0.250. The number of aromatic nitrogens is 2. The van der Waals surface area contributed by atoms with Crippen LogP contribution in [0.25, 0.3) is 10.9 Å². The molecule has 2 aromatic heterocycles. The standard InChI is InChI=1S/C28H23F3N4O4S/c1-15-24-20(14-39-15)19-7-5-16(11-21(19)34-26(24)32)13-35(22-4-2-3-17-9-10-40(37,38)25(17)22)27(36)18-6-8-23(33-12-18)28(29,30)31/h2-8,11-12,15H,9-10,13-14H2,1H3,(H2,32,34)/t15-/m1/s1. The zero-order valence-electron chi connectivity index (χ0n) is 21.2. The smallest absolute Gasteiger partial charge is 0.383 e. The van der Waals surface area contributed by atoms with E-state index in [0.717, 1.165) is 34.8 Å². The number of nitrogens with two attached hydrogens (primary N) is 1. The van der Waals surface area contributed by atoms with Crippen LogP contribution in [0, 0.1) is 0 Å². The quantitative estimate of drug-likeness (QED) is 0.368. The van der Waals surface area contributed by atoms with Gasteiger partial charge in [0.15, 0.2) is 9.84 Å². The minimum absolute atomic E-state index is 0.0512. The summed E-state index contributed by atoms with van der Waals surface area (Å²) in [7, 11) is -3.67. The molecule has 8 nitrogen and oxygen atoms in total. The first-order valence-electron chi connectivity index (χ1n) is 12.5. The number of alkyl halides is 3. The average molecular weight is 569 g/mol. The minimum atomic E-state index is -4.67. The first kappa shape index (κ1) is 26.2. The number of amides is 1. The van der Waals surface area contributed by atoms with E-state index >= 15 is 0 Å². The number of benzene rings is 2. The van der Waals surface area contributed by atoms with E-state index in [-0.39, 0.29) is 34.5 Å². The van der Waals surface area contributed by atoms with Gasteiger partial charge in [-0.3, -0.25) is 9.78 Å². The monoisotopic (exact) mass is 568 g/mol. The molecule has 4 aromatic rings. The van der Waals surface area contributed by atoms with E-state index in [1.54, 1.807) is 24.3 Å². The second kappa shape index (κ2) is 9.27. The van der Waals surface area contributed by atoms with Crippen molar-refractivity contribution < 1.29 is 31.1 Å². The minimum Gasteiger partial charge on any atom is -0.383 e. The molecular weight excluding hydrogens is 545 g/mol. The third-order valence-corrected chi connectivity index (χ3v) is 9.15. The lowest BCUT2D eigenvalue weighted by molar-refractivity contribution is -0.141. The zero-order valence-corrected chi connectivity index (χ0v) is 22.0. The summed E-state index contributed by atoms with van der Waals surface area (Å²) < 4.78 is 70.9. The van der Waals surface area contributed by atoms with E-state index in [4.69, 9.17) is 10.5 Å². The van der Waals surface area contributed by atoms with Crippen LogP contribution in [0.15, 0.2) is 59.6 Å². The molecule has 6 rings (SSSR count). The fourth-order valence-electron chi connectivity index (χ4n) is 5.39. The van der Waals surface area contributed by atoms with Gasteiger partial charge in [0.05, 0.1) is 46.7 Å². The van der Waals surface area contributed by atoms with Crippen molar-refractivity contribution in [3.05, 3.63) is 88.2 Å². The van der Waals surface area contributed by atoms with Gasteiger partial charge in [0, 0.05) is 17.1 Å². The summed E-state index contributed by atoms with van der Waals surface area (Å²) in [4.78, 5) is 23.1. The summed E-state index contributed by atoms with van der Waals surface area (Å²) in [5, 5.41) is 0.852. The lowest BCUT2D eigenvalue weighted by Gasteiger charge is -2.25. The third-order valence-electron chi connectivity index (χ3n) is 7.32. The third kappa shape index (κ3) is 4.37. The Balaban J connectivity index is 1.45. The normalized spacial score (nSPS) is 17.6. The molecule has 1 amide bonds. The van der Waals surface area contributed by atoms with E-state index in [2.05, 4.69) is 9.97 Å². The number of fused-ring (bicyclic) bond motifs is 4. The molecule has 0 spiro atoms. The maximum absolute atomic E-state index is 13.8. The van der Waals surface area contributed by atoms with E-state index in [9.17, 15) is 26.4 Å². The van der Waals surface area contributed by atoms with Crippen LogP contribution in [0.4, 0.5) is 24.7 Å². The van der Waals surface area contributed by atoms with Crippen molar-refractivity contribution in [1.29, 1.82) is 0 Å². The highest BCUT2D eigenvalue weighted by Crippen LogP contribution is 2.39. The van der Waals surface area contributed by atoms with Crippen LogP contribution < -0.4 is 10.6 Å². The van der Waals surface area contributed by atoms with Crippen molar-refractivity contribution in [2.45, 2.75) is 43.7 Å². The van der Waals surface area contributed by atoms with Crippen LogP contribution in [0.1, 0.15) is 51.3 Å². The molecule has 12 heteroatoms. The molecule has 2 aliphatic heterocycles. The molecule has 0 bridgehead atoms. The second-order valence-electron chi connectivity index (χ2n) is 9.85. The molecule has 0 saturated carbocycles. The van der Waals surface area contributed by atoms with E-state index in [1.165, 1.54) is 11.0 Å². The van der Waals surface area contributed by atoms with Gasteiger partial charge in [0.2, 0.25) is 0 Å². The molecule has 0 fully saturated rings. The molecule has 1 atom stereocenters. The first-order valence-corrected chi connectivity index (χ1v) is 14.1. The Morgan fingerprint density at radius 2 is 1.98 bits per heavy atom. The Labute approximate surface area is 227 Å². The van der Waals surface area contributed by atoms with Gasteiger partial charge in [0.1, 0.15) is 11.5 Å². The summed E-state index contributed by atoms with van der Waals surface area (Å²) in [6.07, 6.45) is -3.69. The van der Waals surface area contributed by atoms with Gasteiger partial charge in [-0.1, -0.05) is 24.3 Å². The van der Waals surface area contributed by atoms with Gasteiger partial charge in [0.25, 0.3) is 5.91 Å². The number of carbonyl (C=O) groups excluding carboxylic acids is 1. The van der Waals surface area contributed by atoms with Crippen LogP contribution in [0.3, 0.4) is 0 Å². The number of nitrogen functional groups attached to an aromatic ring is 1. The predicted molar refractivity (Wildman–Crippen MR) is 141 cm³/mol. The molecule has 0 aliphatic carbocycles. The Morgan fingerprint density at radius 3 is 2.70 bits per heavy atom. The number of nitrogens with zero attached hydrogens (tertiary/aromatic N) is 3. The van der Waals surface area contributed by atoms with Crippen molar-refractivity contribution in [2.75, 3.05) is 16.4 Å². The van der Waals surface area contributed by atoms with Crippen molar-refractivity contribution in [1.82, 2.24) is 9.97 Å². The van der Waals surface area contributed by atoms with Crippen molar-refractivity contribution in [2.24, 2.45) is 0 Å². The van der Waals surface area contributed by atoms with Crippen molar-refractivity contribution in [3.63, 3.8) is 0 Å². The number of anilines is 2. The van der Waals surface area contributed by atoms with Crippen molar-refractivity contribution >= 4 is 38.2 Å². The molecule has 4 heterocycles. The van der Waals surface area contributed by atoms with Gasteiger partial charge in [-0.15, -0.1) is 0 Å². The molecule has 40 heavy (non-hydrogen) atoms. The van der Waals surface area contributed by atoms with Crippen LogP contribution in [-0.4, -0.2) is 30.0 Å². The number of rotatable bonds is 4. The Hall–Kier alpha value is -4.03. The number of aryl methyl sites for hydroxylation is 1. The predicted octanol–water partition coefficient (Wildman–Crippen LogP) is 5.00. The summed E-state index contributed by atoms with van der Waals surface area (Å²) in [5.74, 6) is -0.436. The highest BCUT2D eigenvalue weighted by Gasteiger charge is 2.35. The van der Waals surface area contributed by atoms with Gasteiger partial charge >= 0.3 is 6.18 Å². The number of sulfone groups is 1. The molecule has 0 radical (unpaired) electrons. The maximum Gasteiger partial charge on any atom is 0.433 e. The fourth-order valence-corrected chi connectivity index (χ4v) is 7.15. The second-order valence-corrected chi connectivity index (χ2v) is 11.9. The number of hydrogen-bond donors (Lipinski definition) is 1. The molecular formula is C28H23F3N4O4S. The highest BCUT2D eigenvalue weighted by molar-refractivity contribution is 7.91. The van der Waals surface area contributed by atoms with E-state index in [1.807, 2.05) is 13.0 Å². The van der Waals surface area contributed by atoms with Crippen molar-refractivity contribution in [3.8, 4) is 0 Å². The van der Waals surface area contributed by atoms with Gasteiger partial charge in [-0.25, -0.2) is 13.4 Å².